The van der Waals surface area contributed by atoms with Crippen LogP contribution in [0, 0.1) is 0 Å². The van der Waals surface area contributed by atoms with Crippen LogP contribution < -0.4 is 10.5 Å². The van der Waals surface area contributed by atoms with Crippen LogP contribution in [0.5, 0.6) is 0 Å². The van der Waals surface area contributed by atoms with Crippen molar-refractivity contribution in [3.8, 4) is 0 Å². The third kappa shape index (κ3) is 4.68. The molecule has 2 aromatic carbocycles. The van der Waals surface area contributed by atoms with Crippen LogP contribution in [0.15, 0.2) is 47.4 Å². The van der Waals surface area contributed by atoms with Gasteiger partial charge in [0.2, 0.25) is 10.0 Å². The predicted octanol–water partition coefficient (Wildman–Crippen LogP) is 3.13. The van der Waals surface area contributed by atoms with Gasteiger partial charge >= 0.3 is 0 Å². The van der Waals surface area contributed by atoms with Crippen molar-refractivity contribution in [3.63, 3.8) is 0 Å². The molecule has 0 saturated heterocycles. The lowest BCUT2D eigenvalue weighted by Crippen LogP contribution is -2.26. The number of sulfonamides is 1. The molecule has 2 rings (SSSR count). The Hall–Kier alpha value is -1.60. The Balaban J connectivity index is 2.15. The van der Waals surface area contributed by atoms with E-state index in [2.05, 4.69) is 5.32 Å². The minimum atomic E-state index is -3.74. The molecule has 0 aliphatic rings. The van der Waals surface area contributed by atoms with Crippen molar-refractivity contribution in [2.45, 2.75) is 17.9 Å². The molecule has 122 valence electrons. The molecular formula is C15H14Cl2N2O3S. The molecule has 1 atom stereocenters. The second-order valence-corrected chi connectivity index (χ2v) is 7.40. The van der Waals surface area contributed by atoms with Crippen molar-refractivity contribution in [1.82, 2.24) is 5.32 Å². The first-order chi connectivity index (χ1) is 10.7. The third-order valence-electron chi connectivity index (χ3n) is 3.18. The molecule has 0 saturated carbocycles. The highest BCUT2D eigenvalue weighted by molar-refractivity contribution is 7.89. The number of benzene rings is 2. The number of amides is 1. The summed E-state index contributed by atoms with van der Waals surface area (Å²) in [5, 5.41) is 8.57. The molecule has 8 heteroatoms. The number of rotatable bonds is 4. The van der Waals surface area contributed by atoms with Gasteiger partial charge in [0, 0.05) is 15.6 Å². The third-order valence-corrected chi connectivity index (χ3v) is 4.55. The molecule has 3 N–H and O–H groups in total. The molecule has 5 nitrogen and oxygen atoms in total. The highest BCUT2D eigenvalue weighted by Crippen LogP contribution is 2.20. The predicted molar refractivity (Wildman–Crippen MR) is 90.2 cm³/mol. The quantitative estimate of drug-likeness (QED) is 0.863. The van der Waals surface area contributed by atoms with Crippen LogP contribution in [-0.2, 0) is 10.0 Å². The van der Waals surface area contributed by atoms with Crippen molar-refractivity contribution >= 4 is 39.1 Å². The molecule has 0 bridgehead atoms. The largest absolute Gasteiger partial charge is 0.346 e. The van der Waals surface area contributed by atoms with Gasteiger partial charge in [0.05, 0.1) is 10.9 Å². The lowest BCUT2D eigenvalue weighted by Gasteiger charge is -2.15. The number of halogens is 2. The maximum atomic E-state index is 12.2. The van der Waals surface area contributed by atoms with Crippen molar-refractivity contribution in [2.24, 2.45) is 5.14 Å². The Bertz CT molecular complexity index is 816. The fourth-order valence-electron chi connectivity index (χ4n) is 1.99. The topological polar surface area (TPSA) is 89.3 Å². The van der Waals surface area contributed by atoms with Crippen LogP contribution in [0.1, 0.15) is 28.9 Å². The molecule has 23 heavy (non-hydrogen) atoms. The zero-order chi connectivity index (χ0) is 17.2. The van der Waals surface area contributed by atoms with Gasteiger partial charge in [-0.2, -0.15) is 0 Å². The van der Waals surface area contributed by atoms with Gasteiger partial charge < -0.3 is 5.32 Å². The molecule has 0 spiro atoms. The highest BCUT2D eigenvalue weighted by Gasteiger charge is 2.14. The van der Waals surface area contributed by atoms with E-state index in [0.717, 1.165) is 5.56 Å². The molecular weight excluding hydrogens is 359 g/mol. The van der Waals surface area contributed by atoms with E-state index in [1.807, 2.05) is 0 Å². The maximum Gasteiger partial charge on any atom is 0.251 e. The Morgan fingerprint density at radius 3 is 2.09 bits per heavy atom. The fraction of sp³-hybridized carbons (Fsp3) is 0.133. The van der Waals surface area contributed by atoms with Gasteiger partial charge in [0.1, 0.15) is 0 Å². The molecule has 1 amide bonds. The van der Waals surface area contributed by atoms with E-state index in [4.69, 9.17) is 28.3 Å². The highest BCUT2D eigenvalue weighted by atomic mass is 35.5. The van der Waals surface area contributed by atoms with Gasteiger partial charge in [0.15, 0.2) is 0 Å². The minimum Gasteiger partial charge on any atom is -0.346 e. The van der Waals surface area contributed by atoms with E-state index in [1.54, 1.807) is 19.1 Å². The normalized spacial score (nSPS) is 12.7. The van der Waals surface area contributed by atoms with Gasteiger partial charge in [-0.1, -0.05) is 35.3 Å². The standard InChI is InChI=1S/C15H14Cl2N2O3S/c1-9(10-2-4-14(5-3-10)23(18,21)22)19-15(20)11-6-12(16)8-13(17)7-11/h2-9H,1H3,(H,19,20)(H2,18,21,22). The minimum absolute atomic E-state index is 0.0152. The summed E-state index contributed by atoms with van der Waals surface area (Å²) in [5.74, 6) is -0.336. The Morgan fingerprint density at radius 1 is 1.09 bits per heavy atom. The zero-order valence-corrected chi connectivity index (χ0v) is 14.4. The van der Waals surface area contributed by atoms with Crippen molar-refractivity contribution in [1.29, 1.82) is 0 Å². The van der Waals surface area contributed by atoms with Crippen LogP contribution >= 0.6 is 23.2 Å². The summed E-state index contributed by atoms with van der Waals surface area (Å²) in [7, 11) is -3.74. The van der Waals surface area contributed by atoms with Crippen LogP contribution in [0.2, 0.25) is 10.0 Å². The number of primary sulfonamides is 1. The lowest BCUT2D eigenvalue weighted by molar-refractivity contribution is 0.0940. The Kier molecular flexibility index (Phi) is 5.31. The second-order valence-electron chi connectivity index (χ2n) is 4.97. The average Bonchev–Trinajstić information content (AvgIpc) is 2.45. The van der Waals surface area contributed by atoms with Gasteiger partial charge in [0.25, 0.3) is 5.91 Å². The van der Waals surface area contributed by atoms with Gasteiger partial charge in [-0.25, -0.2) is 13.6 Å². The van der Waals surface area contributed by atoms with Crippen molar-refractivity contribution in [3.05, 3.63) is 63.6 Å². The number of carbonyl (C=O) groups excluding carboxylic acids is 1. The van der Waals surface area contributed by atoms with Gasteiger partial charge in [-0.05, 0) is 42.8 Å². The van der Waals surface area contributed by atoms with Crippen molar-refractivity contribution < 1.29 is 13.2 Å². The molecule has 0 aliphatic heterocycles. The van der Waals surface area contributed by atoms with Gasteiger partial charge in [-0.15, -0.1) is 0 Å². The molecule has 0 radical (unpaired) electrons. The second kappa shape index (κ2) is 6.88. The number of carbonyl (C=O) groups is 1. The zero-order valence-electron chi connectivity index (χ0n) is 12.1. The molecule has 0 aliphatic carbocycles. The summed E-state index contributed by atoms with van der Waals surface area (Å²) in [6.45, 7) is 1.77. The summed E-state index contributed by atoms with van der Waals surface area (Å²) < 4.78 is 22.4. The first-order valence-corrected chi connectivity index (χ1v) is 8.87. The number of nitrogens with two attached hydrogens (primary N) is 1. The van der Waals surface area contributed by atoms with Crippen LogP contribution in [0.25, 0.3) is 0 Å². The number of nitrogens with one attached hydrogen (secondary N) is 1. The summed E-state index contributed by atoms with van der Waals surface area (Å²) in [6.07, 6.45) is 0. The van der Waals surface area contributed by atoms with E-state index < -0.39 is 10.0 Å². The van der Waals surface area contributed by atoms with E-state index in [-0.39, 0.29) is 16.8 Å². The van der Waals surface area contributed by atoms with E-state index >= 15 is 0 Å². The first kappa shape index (κ1) is 17.7. The van der Waals surface area contributed by atoms with Crippen molar-refractivity contribution in [2.75, 3.05) is 0 Å². The molecule has 2 aromatic rings. The molecule has 0 heterocycles. The molecule has 0 aromatic heterocycles. The lowest BCUT2D eigenvalue weighted by atomic mass is 10.1. The molecule has 0 fully saturated rings. The Labute approximate surface area is 144 Å². The SMILES string of the molecule is CC(NC(=O)c1cc(Cl)cc(Cl)c1)c1ccc(S(N)(=O)=O)cc1. The summed E-state index contributed by atoms with van der Waals surface area (Å²) in [6, 6.07) is 10.2. The summed E-state index contributed by atoms with van der Waals surface area (Å²) in [4.78, 5) is 12.2. The summed E-state index contributed by atoms with van der Waals surface area (Å²) in [5.41, 5.74) is 1.08. The summed E-state index contributed by atoms with van der Waals surface area (Å²) >= 11 is 11.7. The fourth-order valence-corrected chi connectivity index (χ4v) is 3.04. The average molecular weight is 373 g/mol. The smallest absolute Gasteiger partial charge is 0.251 e. The number of hydrogen-bond acceptors (Lipinski definition) is 3. The first-order valence-electron chi connectivity index (χ1n) is 6.56. The monoisotopic (exact) mass is 372 g/mol. The van der Waals surface area contributed by atoms with E-state index in [0.29, 0.717) is 15.6 Å². The molecule has 1 unspecified atom stereocenters. The van der Waals surface area contributed by atoms with Crippen LogP contribution in [0.3, 0.4) is 0 Å². The number of hydrogen-bond donors (Lipinski definition) is 2. The van der Waals surface area contributed by atoms with Crippen LogP contribution in [-0.4, -0.2) is 14.3 Å². The van der Waals surface area contributed by atoms with E-state index in [9.17, 15) is 13.2 Å². The van der Waals surface area contributed by atoms with Crippen LogP contribution in [0.4, 0.5) is 0 Å². The maximum absolute atomic E-state index is 12.2. The van der Waals surface area contributed by atoms with E-state index in [1.165, 1.54) is 30.3 Å². The Morgan fingerprint density at radius 2 is 1.61 bits per heavy atom. The van der Waals surface area contributed by atoms with Gasteiger partial charge in [-0.3, -0.25) is 4.79 Å².